The molecule has 2 heterocycles. The van der Waals surface area contributed by atoms with Crippen molar-refractivity contribution in [3.8, 4) is 0 Å². The second kappa shape index (κ2) is 6.56. The van der Waals surface area contributed by atoms with E-state index >= 15 is 0 Å². The molecular weight excluding hydrogens is 256 g/mol. The van der Waals surface area contributed by atoms with E-state index in [0.717, 1.165) is 0 Å². The third-order valence-electron chi connectivity index (χ3n) is 4.65. The lowest BCUT2D eigenvalue weighted by atomic mass is 9.83. The second-order valence-corrected chi connectivity index (χ2v) is 8.09. The van der Waals surface area contributed by atoms with Gasteiger partial charge < -0.3 is 0 Å². The molecule has 0 N–H and O–H groups in total. The first-order valence-electron chi connectivity index (χ1n) is 7.48. The molecule has 1 aliphatic carbocycles. The zero-order valence-electron chi connectivity index (χ0n) is 11.3. The molecule has 18 heavy (non-hydrogen) atoms. The van der Waals surface area contributed by atoms with Crippen LogP contribution in [-0.4, -0.2) is 23.0 Å². The van der Waals surface area contributed by atoms with Gasteiger partial charge in [-0.3, -0.25) is 0 Å². The highest BCUT2D eigenvalue weighted by Gasteiger charge is 2.19. The molecule has 0 unspecified atom stereocenters. The largest absolute Gasteiger partial charge is 0.161 e. The first-order chi connectivity index (χ1) is 8.93. The lowest BCUT2D eigenvalue weighted by Gasteiger charge is -2.27. The molecule has 3 fully saturated rings. The zero-order chi connectivity index (χ0) is 12.2. The molecule has 2 heteroatoms. The molecule has 0 aromatic heterocycles. The van der Waals surface area contributed by atoms with Gasteiger partial charge in [-0.25, -0.2) is 0 Å². The van der Waals surface area contributed by atoms with Crippen molar-refractivity contribution in [1.82, 2.24) is 0 Å². The number of rotatable bonds is 0. The molecule has 0 atom stereocenters. The Morgan fingerprint density at radius 3 is 1.00 bits per heavy atom. The monoisotopic (exact) mass is 280 g/mol. The van der Waals surface area contributed by atoms with E-state index in [1.54, 1.807) is 0 Å². The Labute approximate surface area is 120 Å². The van der Waals surface area contributed by atoms with E-state index in [4.69, 9.17) is 0 Å². The van der Waals surface area contributed by atoms with Crippen molar-refractivity contribution in [2.24, 2.45) is 0 Å². The summed E-state index contributed by atoms with van der Waals surface area (Å²) in [6.07, 6.45) is 11.1. The van der Waals surface area contributed by atoms with Gasteiger partial charge in [0.2, 0.25) is 0 Å². The van der Waals surface area contributed by atoms with Gasteiger partial charge in [0.05, 0.1) is 0 Å². The molecule has 0 aromatic rings. The summed E-state index contributed by atoms with van der Waals surface area (Å²) >= 11 is 4.28. The number of thioether (sulfide) groups is 2. The normalized spacial score (nSPS) is 26.7. The van der Waals surface area contributed by atoms with E-state index in [2.05, 4.69) is 23.5 Å². The molecule has 0 bridgehead atoms. The van der Waals surface area contributed by atoms with Gasteiger partial charge in [-0.2, -0.15) is 23.5 Å². The quantitative estimate of drug-likeness (QED) is 0.559. The molecule has 1 saturated carbocycles. The van der Waals surface area contributed by atoms with Crippen molar-refractivity contribution in [3.05, 3.63) is 22.3 Å². The van der Waals surface area contributed by atoms with Crippen LogP contribution in [-0.2, 0) is 0 Å². The van der Waals surface area contributed by atoms with Crippen LogP contribution in [0.25, 0.3) is 0 Å². The molecule has 0 spiro atoms. The van der Waals surface area contributed by atoms with Crippen molar-refractivity contribution in [1.29, 1.82) is 0 Å². The van der Waals surface area contributed by atoms with Crippen LogP contribution in [0.2, 0.25) is 0 Å². The van der Waals surface area contributed by atoms with E-state index < -0.39 is 0 Å². The predicted molar refractivity (Wildman–Crippen MR) is 85.6 cm³/mol. The van der Waals surface area contributed by atoms with Gasteiger partial charge in [-0.05, 0) is 74.4 Å². The van der Waals surface area contributed by atoms with E-state index in [-0.39, 0.29) is 0 Å². The summed E-state index contributed by atoms with van der Waals surface area (Å²) in [5.74, 6) is 5.52. The lowest BCUT2D eigenvalue weighted by Crippen LogP contribution is -2.09. The maximum absolute atomic E-state index is 2.14. The van der Waals surface area contributed by atoms with Crippen molar-refractivity contribution in [2.75, 3.05) is 23.0 Å². The van der Waals surface area contributed by atoms with Crippen LogP contribution < -0.4 is 0 Å². The highest BCUT2D eigenvalue weighted by Crippen LogP contribution is 2.38. The molecule has 3 rings (SSSR count). The number of hydrogen-bond donors (Lipinski definition) is 0. The third-order valence-corrected chi connectivity index (χ3v) is 6.62. The highest BCUT2D eigenvalue weighted by atomic mass is 32.2. The fraction of sp³-hybridized carbons (Fsp3) is 0.750. The van der Waals surface area contributed by atoms with Crippen molar-refractivity contribution in [2.45, 2.75) is 51.4 Å². The first kappa shape index (κ1) is 13.2. The van der Waals surface area contributed by atoms with Crippen molar-refractivity contribution >= 4 is 23.5 Å². The molecule has 0 nitrogen and oxygen atoms in total. The van der Waals surface area contributed by atoms with Crippen molar-refractivity contribution < 1.29 is 0 Å². The average molecular weight is 281 g/mol. The SMILES string of the molecule is C1CC(=C2CCC(=C3CCSCC3)CC2)CCS1. The Balaban J connectivity index is 1.63. The van der Waals surface area contributed by atoms with E-state index in [9.17, 15) is 0 Å². The Kier molecular flexibility index (Phi) is 4.80. The standard InChI is InChI=1S/C16H24S2/c1-2-14(16-7-11-18-12-8-16)4-3-13(1)15-5-9-17-10-6-15/h1-12H2. The van der Waals surface area contributed by atoms with Gasteiger partial charge in [-0.1, -0.05) is 22.3 Å². The molecule has 2 aliphatic heterocycles. The van der Waals surface area contributed by atoms with Crippen LogP contribution in [0, 0.1) is 0 Å². The fourth-order valence-electron chi connectivity index (χ4n) is 3.50. The molecular formula is C16H24S2. The summed E-state index contributed by atoms with van der Waals surface area (Å²) < 4.78 is 0. The number of hydrogen-bond acceptors (Lipinski definition) is 2. The van der Waals surface area contributed by atoms with Gasteiger partial charge in [0, 0.05) is 0 Å². The molecule has 0 aromatic carbocycles. The highest BCUT2D eigenvalue weighted by molar-refractivity contribution is 7.99. The van der Waals surface area contributed by atoms with Crippen LogP contribution >= 0.6 is 23.5 Å². The van der Waals surface area contributed by atoms with Crippen LogP contribution in [0.1, 0.15) is 51.4 Å². The van der Waals surface area contributed by atoms with Crippen LogP contribution in [0.3, 0.4) is 0 Å². The molecule has 100 valence electrons. The summed E-state index contributed by atoms with van der Waals surface area (Å²) in [6.45, 7) is 0. The second-order valence-electron chi connectivity index (χ2n) is 5.64. The van der Waals surface area contributed by atoms with E-state index in [1.807, 2.05) is 22.3 Å². The van der Waals surface area contributed by atoms with Crippen LogP contribution in [0.15, 0.2) is 22.3 Å². The molecule has 0 radical (unpaired) electrons. The topological polar surface area (TPSA) is 0 Å². The zero-order valence-corrected chi connectivity index (χ0v) is 12.9. The lowest BCUT2D eigenvalue weighted by molar-refractivity contribution is 0.682. The minimum atomic E-state index is 1.38. The van der Waals surface area contributed by atoms with Gasteiger partial charge in [-0.15, -0.1) is 0 Å². The Hall–Kier alpha value is 0.180. The Morgan fingerprint density at radius 2 is 0.667 bits per heavy atom. The smallest absolute Gasteiger partial charge is 0.00300 e. The fourth-order valence-corrected chi connectivity index (χ4v) is 5.47. The molecule has 3 aliphatic rings. The predicted octanol–water partition coefficient (Wildman–Crippen LogP) is 5.21. The van der Waals surface area contributed by atoms with Crippen LogP contribution in [0.5, 0.6) is 0 Å². The Morgan fingerprint density at radius 1 is 0.389 bits per heavy atom. The Bertz CT molecular complexity index is 301. The summed E-state index contributed by atoms with van der Waals surface area (Å²) in [6, 6.07) is 0. The molecule has 2 saturated heterocycles. The number of allylic oxidation sites excluding steroid dienone is 4. The summed E-state index contributed by atoms with van der Waals surface area (Å²) in [4.78, 5) is 0. The van der Waals surface area contributed by atoms with E-state index in [1.165, 1.54) is 74.4 Å². The van der Waals surface area contributed by atoms with Crippen molar-refractivity contribution in [3.63, 3.8) is 0 Å². The minimum absolute atomic E-state index is 1.38. The maximum Gasteiger partial charge on any atom is -0.00300 e. The summed E-state index contributed by atoms with van der Waals surface area (Å²) in [5, 5.41) is 0. The third kappa shape index (κ3) is 3.19. The van der Waals surface area contributed by atoms with E-state index in [0.29, 0.717) is 0 Å². The van der Waals surface area contributed by atoms with Gasteiger partial charge in [0.1, 0.15) is 0 Å². The van der Waals surface area contributed by atoms with Gasteiger partial charge in [0.15, 0.2) is 0 Å². The molecule has 0 amide bonds. The average Bonchev–Trinajstić information content (AvgIpc) is 2.49. The first-order valence-corrected chi connectivity index (χ1v) is 9.79. The minimum Gasteiger partial charge on any atom is -0.161 e. The van der Waals surface area contributed by atoms with Gasteiger partial charge in [0.25, 0.3) is 0 Å². The summed E-state index contributed by atoms with van der Waals surface area (Å²) in [5.41, 5.74) is 7.39. The maximum atomic E-state index is 2.14. The summed E-state index contributed by atoms with van der Waals surface area (Å²) in [7, 11) is 0. The van der Waals surface area contributed by atoms with Gasteiger partial charge >= 0.3 is 0 Å². The van der Waals surface area contributed by atoms with Crippen LogP contribution in [0.4, 0.5) is 0 Å².